The Bertz CT molecular complexity index is 186. The maximum atomic E-state index is 9.20. The first-order valence-electron chi connectivity index (χ1n) is 3.27. The molecule has 0 amide bonds. The maximum Gasteiger partial charge on any atom is 0.0912 e. The summed E-state index contributed by atoms with van der Waals surface area (Å²) in [5.41, 5.74) is 6.13. The van der Waals surface area contributed by atoms with Crippen LogP contribution in [0.2, 0.25) is 0 Å². The molecule has 2 nitrogen and oxygen atoms in total. The lowest BCUT2D eigenvalue weighted by molar-refractivity contribution is 0.187. The highest BCUT2D eigenvalue weighted by atomic mass is 16.3. The second kappa shape index (κ2) is 3.34. The summed E-state index contributed by atoms with van der Waals surface area (Å²) in [6.45, 7) is 0.282. The fraction of sp³-hybridized carbons (Fsp3) is 0.250. The summed E-state index contributed by atoms with van der Waals surface area (Å²) in [7, 11) is 0. The van der Waals surface area contributed by atoms with E-state index in [1.54, 1.807) is 0 Å². The minimum absolute atomic E-state index is 0.282. The Labute approximate surface area is 60.3 Å². The van der Waals surface area contributed by atoms with Crippen LogP contribution in [0.15, 0.2) is 30.3 Å². The molecule has 0 saturated carbocycles. The van der Waals surface area contributed by atoms with E-state index in [-0.39, 0.29) is 6.54 Å². The first-order valence-corrected chi connectivity index (χ1v) is 3.27. The standard InChI is InChI=1S/C8H11NO/c9-6-8(10)7-4-2-1-3-5-7/h1-5,8,10H,6,9H2/i6-1. The van der Waals surface area contributed by atoms with Gasteiger partial charge in [0.05, 0.1) is 6.10 Å². The van der Waals surface area contributed by atoms with Crippen molar-refractivity contribution < 1.29 is 5.11 Å². The lowest BCUT2D eigenvalue weighted by atomic mass is 9.91. The zero-order valence-corrected chi connectivity index (χ0v) is 5.70. The van der Waals surface area contributed by atoms with Crippen LogP contribution < -0.4 is 5.73 Å². The summed E-state index contributed by atoms with van der Waals surface area (Å²) < 4.78 is 0. The van der Waals surface area contributed by atoms with Crippen molar-refractivity contribution in [3.8, 4) is 0 Å². The topological polar surface area (TPSA) is 46.2 Å². The van der Waals surface area contributed by atoms with Crippen molar-refractivity contribution in [1.29, 1.82) is 0 Å². The third-order valence-electron chi connectivity index (χ3n) is 1.41. The summed E-state index contributed by atoms with van der Waals surface area (Å²) in [5.74, 6) is 0. The van der Waals surface area contributed by atoms with Gasteiger partial charge in [-0.15, -0.1) is 0 Å². The predicted octanol–water partition coefficient (Wildman–Crippen LogP) is 0.679. The highest BCUT2D eigenvalue weighted by Gasteiger charge is 2.01. The minimum Gasteiger partial charge on any atom is -0.387 e. The molecule has 0 spiro atoms. The van der Waals surface area contributed by atoms with E-state index in [1.165, 1.54) is 0 Å². The molecule has 0 fully saturated rings. The SMILES string of the molecule is N[11CH2]C(O)c1ccccc1. The van der Waals surface area contributed by atoms with Crippen molar-refractivity contribution in [1.82, 2.24) is 0 Å². The molecule has 10 heavy (non-hydrogen) atoms. The molecule has 1 aromatic rings. The lowest BCUT2D eigenvalue weighted by Gasteiger charge is -2.05. The van der Waals surface area contributed by atoms with Gasteiger partial charge < -0.3 is 10.8 Å². The van der Waals surface area contributed by atoms with E-state index < -0.39 is 6.10 Å². The summed E-state index contributed by atoms with van der Waals surface area (Å²) in [4.78, 5) is 0. The van der Waals surface area contributed by atoms with Crippen LogP contribution in [-0.2, 0) is 0 Å². The first kappa shape index (κ1) is 7.25. The molecule has 1 aromatic carbocycles. The fourth-order valence-corrected chi connectivity index (χ4v) is 0.811. The third kappa shape index (κ3) is 1.56. The van der Waals surface area contributed by atoms with Crippen molar-refractivity contribution in [2.45, 2.75) is 6.10 Å². The molecular weight excluding hydrogens is 125 g/mol. The molecular formula is C8H11NO. The molecule has 0 aliphatic carbocycles. The molecule has 0 bridgehead atoms. The van der Waals surface area contributed by atoms with Crippen LogP contribution in [0.25, 0.3) is 0 Å². The molecule has 0 saturated heterocycles. The third-order valence-corrected chi connectivity index (χ3v) is 1.41. The van der Waals surface area contributed by atoms with Crippen molar-refractivity contribution in [3.05, 3.63) is 35.9 Å². The summed E-state index contributed by atoms with van der Waals surface area (Å²) in [6, 6.07) is 9.39. The van der Waals surface area contributed by atoms with E-state index in [0.717, 1.165) is 5.56 Å². The second-order valence-corrected chi connectivity index (χ2v) is 2.16. The molecule has 0 aromatic heterocycles. The van der Waals surface area contributed by atoms with Crippen LogP contribution in [0.1, 0.15) is 11.7 Å². The molecule has 2 heteroatoms. The van der Waals surface area contributed by atoms with Gasteiger partial charge in [0.25, 0.3) is 0 Å². The molecule has 54 valence electrons. The van der Waals surface area contributed by atoms with E-state index in [0.29, 0.717) is 0 Å². The molecule has 1 unspecified atom stereocenters. The van der Waals surface area contributed by atoms with E-state index in [9.17, 15) is 5.11 Å². The number of hydrogen-bond donors (Lipinski definition) is 2. The molecule has 1 atom stereocenters. The van der Waals surface area contributed by atoms with Gasteiger partial charge >= 0.3 is 0 Å². The Morgan fingerprint density at radius 2 is 1.90 bits per heavy atom. The van der Waals surface area contributed by atoms with Crippen molar-refractivity contribution in [2.24, 2.45) is 5.73 Å². The number of benzene rings is 1. The van der Waals surface area contributed by atoms with E-state index in [1.807, 2.05) is 30.3 Å². The van der Waals surface area contributed by atoms with E-state index in [4.69, 9.17) is 5.73 Å². The lowest BCUT2D eigenvalue weighted by Crippen LogP contribution is -2.10. The van der Waals surface area contributed by atoms with Gasteiger partial charge in [-0.3, -0.25) is 0 Å². The Morgan fingerprint density at radius 1 is 1.30 bits per heavy atom. The highest BCUT2D eigenvalue weighted by molar-refractivity contribution is 5.17. The Balaban J connectivity index is 2.75. The van der Waals surface area contributed by atoms with Crippen LogP contribution in [0.3, 0.4) is 0 Å². The van der Waals surface area contributed by atoms with Gasteiger partial charge in [0.15, 0.2) is 0 Å². The van der Waals surface area contributed by atoms with Crippen LogP contribution in [0, 0.1) is 0 Å². The number of hydrogen-bond acceptors (Lipinski definition) is 2. The largest absolute Gasteiger partial charge is 0.387 e. The Hall–Kier alpha value is -0.860. The van der Waals surface area contributed by atoms with Gasteiger partial charge in [-0.25, -0.2) is 0 Å². The van der Waals surface area contributed by atoms with Crippen LogP contribution in [0.4, 0.5) is 0 Å². The molecule has 0 aliphatic heterocycles. The molecule has 0 aliphatic rings. The second-order valence-electron chi connectivity index (χ2n) is 2.16. The van der Waals surface area contributed by atoms with Gasteiger partial charge in [-0.1, -0.05) is 30.3 Å². The number of nitrogens with two attached hydrogens (primary N) is 1. The number of rotatable bonds is 2. The van der Waals surface area contributed by atoms with Gasteiger partial charge in [-0.05, 0) is 5.56 Å². The van der Waals surface area contributed by atoms with Crippen molar-refractivity contribution >= 4 is 0 Å². The molecule has 3 N–H and O–H groups in total. The zero-order chi connectivity index (χ0) is 7.40. The monoisotopic (exact) mass is 136 g/mol. The average molecular weight is 136 g/mol. The van der Waals surface area contributed by atoms with Gasteiger partial charge in [0, 0.05) is 6.54 Å². The highest BCUT2D eigenvalue weighted by Crippen LogP contribution is 2.08. The first-order chi connectivity index (χ1) is 4.84. The summed E-state index contributed by atoms with van der Waals surface area (Å²) in [6.07, 6.45) is -0.513. The van der Waals surface area contributed by atoms with Gasteiger partial charge in [0.2, 0.25) is 0 Å². The summed E-state index contributed by atoms with van der Waals surface area (Å²) >= 11 is 0. The Kier molecular flexibility index (Phi) is 2.42. The average Bonchev–Trinajstić information content (AvgIpc) is 2.05. The van der Waals surface area contributed by atoms with Crippen molar-refractivity contribution in [3.63, 3.8) is 0 Å². The Morgan fingerprint density at radius 3 is 2.40 bits per heavy atom. The van der Waals surface area contributed by atoms with Crippen LogP contribution in [0.5, 0.6) is 0 Å². The molecule has 0 heterocycles. The normalized spacial score (nSPS) is 13.0. The van der Waals surface area contributed by atoms with E-state index >= 15 is 0 Å². The van der Waals surface area contributed by atoms with E-state index in [2.05, 4.69) is 0 Å². The number of aliphatic hydroxyl groups excluding tert-OH is 1. The quantitative estimate of drug-likeness (QED) is 0.628. The van der Waals surface area contributed by atoms with Crippen LogP contribution in [-0.4, -0.2) is 11.7 Å². The van der Waals surface area contributed by atoms with Gasteiger partial charge in [-0.2, -0.15) is 0 Å². The number of aliphatic hydroxyl groups is 1. The predicted molar refractivity (Wildman–Crippen MR) is 40.5 cm³/mol. The maximum absolute atomic E-state index is 9.20. The van der Waals surface area contributed by atoms with Gasteiger partial charge in [0.1, 0.15) is 0 Å². The fourth-order valence-electron chi connectivity index (χ4n) is 0.811. The smallest absolute Gasteiger partial charge is 0.0912 e. The van der Waals surface area contributed by atoms with Crippen molar-refractivity contribution in [2.75, 3.05) is 6.54 Å². The summed E-state index contributed by atoms with van der Waals surface area (Å²) in [5, 5.41) is 9.20. The minimum atomic E-state index is -0.513. The van der Waals surface area contributed by atoms with Crippen LogP contribution >= 0.6 is 0 Å². The zero-order valence-electron chi connectivity index (χ0n) is 5.70. The molecule has 0 radical (unpaired) electrons. The molecule has 1 rings (SSSR count).